The number of aryl methyl sites for hydroxylation is 1. The fraction of sp³-hybridized carbons (Fsp3) is 0.231. The largest absolute Gasteiger partial charge is 0.0730 e. The second kappa shape index (κ2) is 3.21. The van der Waals surface area contributed by atoms with Crippen LogP contribution in [0.5, 0.6) is 0 Å². The summed E-state index contributed by atoms with van der Waals surface area (Å²) in [5.74, 6) is 0.501. The summed E-state index contributed by atoms with van der Waals surface area (Å²) in [6.07, 6.45) is 6.76. The van der Waals surface area contributed by atoms with Crippen LogP contribution in [0.3, 0.4) is 0 Å². The Balaban J connectivity index is 2.38. The molecule has 0 nitrogen and oxygen atoms in total. The van der Waals surface area contributed by atoms with Gasteiger partial charge in [0.15, 0.2) is 0 Å². The Morgan fingerprint density at radius 3 is 2.46 bits per heavy atom. The average Bonchev–Trinajstić information content (AvgIpc) is 2.53. The van der Waals surface area contributed by atoms with Crippen LogP contribution in [-0.2, 0) is 0 Å². The Hall–Kier alpha value is -1.30. The molecular weight excluding hydrogens is 156 g/mol. The number of hydrogen-bond acceptors (Lipinski definition) is 0. The molecule has 66 valence electrons. The van der Waals surface area contributed by atoms with E-state index in [1.807, 2.05) is 0 Å². The van der Waals surface area contributed by atoms with Crippen molar-refractivity contribution in [3.05, 3.63) is 59.2 Å². The molecule has 0 amide bonds. The molecule has 0 N–H and O–H groups in total. The minimum Gasteiger partial charge on any atom is -0.0730 e. The zero-order valence-electron chi connectivity index (χ0n) is 8.12. The first-order valence-electron chi connectivity index (χ1n) is 4.69. The van der Waals surface area contributed by atoms with Gasteiger partial charge in [0.2, 0.25) is 0 Å². The maximum Gasteiger partial charge on any atom is 0.0210 e. The molecule has 1 aliphatic rings. The normalized spacial score (nSPS) is 20.5. The number of rotatable bonds is 1. The first-order valence-corrected chi connectivity index (χ1v) is 4.69. The molecule has 1 aromatic carbocycles. The zero-order chi connectivity index (χ0) is 9.26. The molecule has 0 bridgehead atoms. The van der Waals surface area contributed by atoms with Crippen molar-refractivity contribution in [3.63, 3.8) is 0 Å². The lowest BCUT2D eigenvalue weighted by Crippen LogP contribution is -1.91. The van der Waals surface area contributed by atoms with Crippen LogP contribution in [0, 0.1) is 6.92 Å². The first-order chi connectivity index (χ1) is 6.27. The van der Waals surface area contributed by atoms with Gasteiger partial charge in [0.1, 0.15) is 0 Å². The molecule has 13 heavy (non-hydrogen) atoms. The van der Waals surface area contributed by atoms with Crippen LogP contribution in [0.4, 0.5) is 0 Å². The van der Waals surface area contributed by atoms with E-state index in [1.54, 1.807) is 0 Å². The van der Waals surface area contributed by atoms with Crippen LogP contribution < -0.4 is 0 Å². The summed E-state index contributed by atoms with van der Waals surface area (Å²) >= 11 is 0. The molecule has 0 saturated carbocycles. The van der Waals surface area contributed by atoms with Gasteiger partial charge in [0.25, 0.3) is 0 Å². The quantitative estimate of drug-likeness (QED) is 0.604. The van der Waals surface area contributed by atoms with Crippen molar-refractivity contribution in [2.75, 3.05) is 0 Å². The van der Waals surface area contributed by atoms with Crippen molar-refractivity contribution < 1.29 is 0 Å². The minimum atomic E-state index is 0.501. The first kappa shape index (κ1) is 8.31. The molecule has 0 radical (unpaired) electrons. The molecule has 1 atom stereocenters. The molecule has 1 unspecified atom stereocenters. The molecule has 0 spiro atoms. The Morgan fingerprint density at radius 1 is 1.08 bits per heavy atom. The summed E-state index contributed by atoms with van der Waals surface area (Å²) in [5.41, 5.74) is 4.17. The van der Waals surface area contributed by atoms with Crippen LogP contribution in [0.25, 0.3) is 0 Å². The SMILES string of the molecule is CC1=CC(c2ccccc2C)C=C1. The molecule has 0 fully saturated rings. The summed E-state index contributed by atoms with van der Waals surface area (Å²) in [6, 6.07) is 8.58. The zero-order valence-corrected chi connectivity index (χ0v) is 8.12. The topological polar surface area (TPSA) is 0 Å². The van der Waals surface area contributed by atoms with E-state index in [-0.39, 0.29) is 0 Å². The predicted octanol–water partition coefficient (Wildman–Crippen LogP) is 3.59. The second-order valence-electron chi connectivity index (χ2n) is 3.65. The smallest absolute Gasteiger partial charge is 0.0210 e. The van der Waals surface area contributed by atoms with E-state index in [4.69, 9.17) is 0 Å². The molecule has 0 aromatic heterocycles. The molecule has 0 heteroatoms. The summed E-state index contributed by atoms with van der Waals surface area (Å²) < 4.78 is 0. The molecule has 2 rings (SSSR count). The van der Waals surface area contributed by atoms with E-state index in [1.165, 1.54) is 16.7 Å². The van der Waals surface area contributed by atoms with E-state index >= 15 is 0 Å². The molecule has 1 aromatic rings. The third-order valence-corrected chi connectivity index (χ3v) is 2.56. The van der Waals surface area contributed by atoms with Crippen molar-refractivity contribution in [1.29, 1.82) is 0 Å². The molecule has 0 saturated heterocycles. The maximum atomic E-state index is 2.31. The summed E-state index contributed by atoms with van der Waals surface area (Å²) in [7, 11) is 0. The van der Waals surface area contributed by atoms with Gasteiger partial charge in [-0.05, 0) is 25.0 Å². The van der Waals surface area contributed by atoms with Crippen LogP contribution in [0.15, 0.2) is 48.1 Å². The Bertz CT molecular complexity index is 369. The second-order valence-corrected chi connectivity index (χ2v) is 3.65. The predicted molar refractivity (Wildman–Crippen MR) is 56.8 cm³/mol. The highest BCUT2D eigenvalue weighted by Crippen LogP contribution is 2.28. The lowest BCUT2D eigenvalue weighted by molar-refractivity contribution is 1.07. The van der Waals surface area contributed by atoms with Gasteiger partial charge in [0, 0.05) is 5.92 Å². The highest BCUT2D eigenvalue weighted by molar-refractivity contribution is 5.42. The fourth-order valence-corrected chi connectivity index (χ4v) is 1.80. The molecule has 1 aliphatic carbocycles. The maximum absolute atomic E-state index is 2.31. The molecule has 0 heterocycles. The molecule has 0 aliphatic heterocycles. The van der Waals surface area contributed by atoms with Crippen LogP contribution in [-0.4, -0.2) is 0 Å². The Morgan fingerprint density at radius 2 is 1.85 bits per heavy atom. The standard InChI is InChI=1S/C13H14/c1-10-7-8-12(9-10)13-6-4-3-5-11(13)2/h3-9,12H,1-2H3. The third kappa shape index (κ3) is 1.57. The highest BCUT2D eigenvalue weighted by Gasteiger charge is 2.10. The van der Waals surface area contributed by atoms with Crippen molar-refractivity contribution >= 4 is 0 Å². The van der Waals surface area contributed by atoms with Gasteiger partial charge in [-0.1, -0.05) is 48.1 Å². The third-order valence-electron chi connectivity index (χ3n) is 2.56. The lowest BCUT2D eigenvalue weighted by atomic mass is 9.96. The van der Waals surface area contributed by atoms with Crippen molar-refractivity contribution in [2.45, 2.75) is 19.8 Å². The van der Waals surface area contributed by atoms with Crippen molar-refractivity contribution in [1.82, 2.24) is 0 Å². The summed E-state index contributed by atoms with van der Waals surface area (Å²) in [6.45, 7) is 4.32. The van der Waals surface area contributed by atoms with E-state index in [9.17, 15) is 0 Å². The van der Waals surface area contributed by atoms with Gasteiger partial charge >= 0.3 is 0 Å². The monoisotopic (exact) mass is 170 g/mol. The van der Waals surface area contributed by atoms with Crippen molar-refractivity contribution in [2.24, 2.45) is 0 Å². The van der Waals surface area contributed by atoms with Crippen LogP contribution in [0.2, 0.25) is 0 Å². The number of benzene rings is 1. The molecular formula is C13H14. The van der Waals surface area contributed by atoms with Gasteiger partial charge in [-0.25, -0.2) is 0 Å². The van der Waals surface area contributed by atoms with Crippen LogP contribution >= 0.6 is 0 Å². The summed E-state index contributed by atoms with van der Waals surface area (Å²) in [4.78, 5) is 0. The van der Waals surface area contributed by atoms with E-state index in [0.29, 0.717) is 5.92 Å². The Labute approximate surface area is 79.6 Å². The lowest BCUT2D eigenvalue weighted by Gasteiger charge is -2.08. The van der Waals surface area contributed by atoms with Gasteiger partial charge in [-0.15, -0.1) is 0 Å². The number of hydrogen-bond donors (Lipinski definition) is 0. The van der Waals surface area contributed by atoms with Crippen LogP contribution in [0.1, 0.15) is 24.0 Å². The highest BCUT2D eigenvalue weighted by atomic mass is 14.1. The van der Waals surface area contributed by atoms with E-state index in [0.717, 1.165) is 0 Å². The average molecular weight is 170 g/mol. The van der Waals surface area contributed by atoms with Gasteiger partial charge in [-0.3, -0.25) is 0 Å². The van der Waals surface area contributed by atoms with E-state index in [2.05, 4.69) is 56.3 Å². The minimum absolute atomic E-state index is 0.501. The fourth-order valence-electron chi connectivity index (χ4n) is 1.80. The van der Waals surface area contributed by atoms with Crippen molar-refractivity contribution in [3.8, 4) is 0 Å². The van der Waals surface area contributed by atoms with Gasteiger partial charge in [-0.2, -0.15) is 0 Å². The van der Waals surface area contributed by atoms with E-state index < -0.39 is 0 Å². The van der Waals surface area contributed by atoms with Gasteiger partial charge < -0.3 is 0 Å². The summed E-state index contributed by atoms with van der Waals surface area (Å²) in [5, 5.41) is 0. The number of allylic oxidation sites excluding steroid dienone is 4. The Kier molecular flexibility index (Phi) is 2.05. The van der Waals surface area contributed by atoms with Gasteiger partial charge in [0.05, 0.1) is 0 Å².